The van der Waals surface area contributed by atoms with E-state index in [1.165, 1.54) is 16.7 Å². The number of nitrogens with zero attached hydrogens (tertiary/aromatic N) is 4. The molecule has 0 spiro atoms. The molecule has 0 saturated carbocycles. The second kappa shape index (κ2) is 10.8. The van der Waals surface area contributed by atoms with Gasteiger partial charge in [-0.25, -0.2) is 4.79 Å². The van der Waals surface area contributed by atoms with E-state index < -0.39 is 6.09 Å². The fraction of sp³-hybridized carbons (Fsp3) is 0.407. The van der Waals surface area contributed by atoms with Gasteiger partial charge in [-0.15, -0.1) is 0 Å². The standard InChI is InChI=1S/C27H34N4O5/c1-17(2)36-27(35)30-15-18(3)31(19(4)32)23-13-12-22(14-24(23)30)20-8-10-21(11-9-20)26(34)29(7)16-25(33)28(5)6/h8-14,17-18H,15-16H2,1-7H3/t18-/m0/s1. The summed E-state index contributed by atoms with van der Waals surface area (Å²) in [7, 11) is 4.88. The largest absolute Gasteiger partial charge is 0.446 e. The third-order valence-corrected chi connectivity index (χ3v) is 5.99. The van der Waals surface area contributed by atoms with E-state index in [1.54, 1.807) is 56.9 Å². The first kappa shape index (κ1) is 26.7. The summed E-state index contributed by atoms with van der Waals surface area (Å²) in [5.74, 6) is -0.519. The fourth-order valence-corrected chi connectivity index (χ4v) is 4.16. The Morgan fingerprint density at radius 1 is 0.972 bits per heavy atom. The van der Waals surface area contributed by atoms with Gasteiger partial charge in [-0.3, -0.25) is 19.3 Å². The molecule has 4 amide bonds. The average Bonchev–Trinajstić information content (AvgIpc) is 2.81. The highest BCUT2D eigenvalue weighted by atomic mass is 16.6. The van der Waals surface area contributed by atoms with Crippen LogP contribution in [0.5, 0.6) is 0 Å². The number of likely N-dealkylation sites (N-methyl/N-ethyl adjacent to an activating group) is 2. The van der Waals surface area contributed by atoms with Gasteiger partial charge in [0, 0.05) is 40.2 Å². The van der Waals surface area contributed by atoms with Crippen molar-refractivity contribution in [3.63, 3.8) is 0 Å². The average molecular weight is 495 g/mol. The second-order valence-electron chi connectivity index (χ2n) is 9.51. The Morgan fingerprint density at radius 2 is 1.58 bits per heavy atom. The lowest BCUT2D eigenvalue weighted by molar-refractivity contribution is -0.129. The fourth-order valence-electron chi connectivity index (χ4n) is 4.16. The SMILES string of the molecule is CC(=O)N1c2ccc(-c3ccc(C(=O)N(C)CC(=O)N(C)C)cc3)cc2N(C(=O)OC(C)C)C[C@@H]1C. The molecule has 0 fully saturated rings. The zero-order valence-electron chi connectivity index (χ0n) is 21.9. The number of anilines is 2. The lowest BCUT2D eigenvalue weighted by atomic mass is 9.99. The maximum atomic E-state index is 12.9. The number of benzene rings is 2. The number of hydrogen-bond donors (Lipinski definition) is 0. The Labute approximate surface area is 212 Å². The molecule has 0 aromatic heterocycles. The molecule has 192 valence electrons. The molecule has 0 bridgehead atoms. The molecule has 1 aliphatic heterocycles. The summed E-state index contributed by atoms with van der Waals surface area (Å²) in [5.41, 5.74) is 3.36. The van der Waals surface area contributed by atoms with E-state index in [-0.39, 0.29) is 36.4 Å². The summed E-state index contributed by atoms with van der Waals surface area (Å²) in [4.78, 5) is 56.0. The maximum absolute atomic E-state index is 12.9. The van der Waals surface area contributed by atoms with Crippen molar-refractivity contribution < 1.29 is 23.9 Å². The predicted octanol–water partition coefficient (Wildman–Crippen LogP) is 3.62. The second-order valence-corrected chi connectivity index (χ2v) is 9.51. The molecule has 0 unspecified atom stereocenters. The predicted molar refractivity (Wildman–Crippen MR) is 139 cm³/mol. The van der Waals surface area contributed by atoms with Crippen molar-refractivity contribution in [1.82, 2.24) is 9.80 Å². The zero-order chi connectivity index (χ0) is 26.7. The summed E-state index contributed by atoms with van der Waals surface area (Å²) >= 11 is 0. The maximum Gasteiger partial charge on any atom is 0.414 e. The van der Waals surface area contributed by atoms with Crippen LogP contribution in [0.1, 0.15) is 38.1 Å². The number of amides is 4. The van der Waals surface area contributed by atoms with Crippen LogP contribution in [0.15, 0.2) is 42.5 Å². The van der Waals surface area contributed by atoms with Crippen molar-refractivity contribution in [3.8, 4) is 11.1 Å². The summed E-state index contributed by atoms with van der Waals surface area (Å²) in [6.45, 7) is 7.29. The highest BCUT2D eigenvalue weighted by Crippen LogP contribution is 2.39. The molecule has 0 radical (unpaired) electrons. The van der Waals surface area contributed by atoms with Gasteiger partial charge in [-0.2, -0.15) is 0 Å². The van der Waals surface area contributed by atoms with E-state index >= 15 is 0 Å². The van der Waals surface area contributed by atoms with Crippen LogP contribution >= 0.6 is 0 Å². The van der Waals surface area contributed by atoms with Gasteiger partial charge in [0.25, 0.3) is 5.91 Å². The summed E-state index contributed by atoms with van der Waals surface area (Å²) < 4.78 is 5.46. The first-order chi connectivity index (χ1) is 16.9. The van der Waals surface area contributed by atoms with Crippen molar-refractivity contribution in [2.24, 2.45) is 0 Å². The van der Waals surface area contributed by atoms with Crippen molar-refractivity contribution >= 4 is 35.2 Å². The Balaban J connectivity index is 1.92. The molecule has 9 heteroatoms. The van der Waals surface area contributed by atoms with Crippen molar-refractivity contribution in [3.05, 3.63) is 48.0 Å². The molecule has 2 aromatic carbocycles. The summed E-state index contributed by atoms with van der Waals surface area (Å²) in [6, 6.07) is 12.4. The molecule has 2 aromatic rings. The Bertz CT molecular complexity index is 1160. The van der Waals surface area contributed by atoms with Crippen LogP contribution < -0.4 is 9.80 Å². The van der Waals surface area contributed by atoms with Crippen LogP contribution in [-0.2, 0) is 14.3 Å². The lowest BCUT2D eigenvalue weighted by Gasteiger charge is -2.40. The van der Waals surface area contributed by atoms with Gasteiger partial charge >= 0.3 is 6.09 Å². The zero-order valence-corrected chi connectivity index (χ0v) is 21.9. The summed E-state index contributed by atoms with van der Waals surface area (Å²) in [5, 5.41) is 0. The van der Waals surface area contributed by atoms with E-state index in [9.17, 15) is 19.2 Å². The van der Waals surface area contributed by atoms with E-state index in [4.69, 9.17) is 4.74 Å². The van der Waals surface area contributed by atoms with Gasteiger partial charge in [0.05, 0.1) is 30.1 Å². The molecule has 1 heterocycles. The van der Waals surface area contributed by atoms with E-state index in [0.29, 0.717) is 23.5 Å². The lowest BCUT2D eigenvalue weighted by Crippen LogP contribution is -2.51. The monoisotopic (exact) mass is 494 g/mol. The molecular formula is C27H34N4O5. The number of rotatable bonds is 5. The van der Waals surface area contributed by atoms with Crippen LogP contribution in [0.2, 0.25) is 0 Å². The Morgan fingerprint density at radius 3 is 2.14 bits per heavy atom. The first-order valence-corrected chi connectivity index (χ1v) is 11.9. The van der Waals surface area contributed by atoms with Crippen molar-refractivity contribution in [1.29, 1.82) is 0 Å². The van der Waals surface area contributed by atoms with Gasteiger partial charge in [0.1, 0.15) is 0 Å². The van der Waals surface area contributed by atoms with E-state index in [1.807, 2.05) is 37.3 Å². The van der Waals surface area contributed by atoms with Gasteiger partial charge in [-0.1, -0.05) is 18.2 Å². The van der Waals surface area contributed by atoms with Gasteiger partial charge in [0.2, 0.25) is 11.8 Å². The quantitative estimate of drug-likeness (QED) is 0.633. The smallest absolute Gasteiger partial charge is 0.414 e. The molecular weight excluding hydrogens is 460 g/mol. The third-order valence-electron chi connectivity index (χ3n) is 5.99. The van der Waals surface area contributed by atoms with Crippen LogP contribution in [0.25, 0.3) is 11.1 Å². The highest BCUT2D eigenvalue weighted by Gasteiger charge is 2.34. The topological polar surface area (TPSA) is 90.5 Å². The van der Waals surface area contributed by atoms with Crippen molar-refractivity contribution in [2.75, 3.05) is 44.0 Å². The van der Waals surface area contributed by atoms with Crippen molar-refractivity contribution in [2.45, 2.75) is 39.8 Å². The third kappa shape index (κ3) is 5.67. The van der Waals surface area contributed by atoms with Crippen LogP contribution in [0.3, 0.4) is 0 Å². The van der Waals surface area contributed by atoms with Gasteiger partial charge in [-0.05, 0) is 56.2 Å². The minimum absolute atomic E-state index is 0.00815. The number of hydrogen-bond acceptors (Lipinski definition) is 5. The molecule has 9 nitrogen and oxygen atoms in total. The van der Waals surface area contributed by atoms with Gasteiger partial charge < -0.3 is 19.4 Å². The first-order valence-electron chi connectivity index (χ1n) is 11.9. The molecule has 3 rings (SSSR count). The minimum atomic E-state index is -0.463. The van der Waals surface area contributed by atoms with Crippen LogP contribution in [0, 0.1) is 0 Å². The molecule has 0 N–H and O–H groups in total. The highest BCUT2D eigenvalue weighted by molar-refractivity contribution is 6.03. The Kier molecular flexibility index (Phi) is 8.02. The molecule has 1 atom stereocenters. The minimum Gasteiger partial charge on any atom is -0.446 e. The van der Waals surface area contributed by atoms with Crippen LogP contribution in [0.4, 0.5) is 16.2 Å². The summed E-state index contributed by atoms with van der Waals surface area (Å²) in [6.07, 6.45) is -0.740. The number of carbonyl (C=O) groups excluding carboxylic acids is 4. The molecule has 0 saturated heterocycles. The molecule has 36 heavy (non-hydrogen) atoms. The van der Waals surface area contributed by atoms with Gasteiger partial charge in [0.15, 0.2) is 0 Å². The van der Waals surface area contributed by atoms with E-state index in [0.717, 1.165) is 11.1 Å². The molecule has 1 aliphatic rings. The van der Waals surface area contributed by atoms with Crippen LogP contribution in [-0.4, -0.2) is 80.0 Å². The number of fused-ring (bicyclic) bond motifs is 1. The Hall–Kier alpha value is -3.88. The number of carbonyl (C=O) groups is 4. The van der Waals surface area contributed by atoms with E-state index in [2.05, 4.69) is 0 Å². The molecule has 0 aliphatic carbocycles. The number of ether oxygens (including phenoxy) is 1. The normalized spacial score (nSPS) is 14.8.